The molecule has 0 amide bonds. The molecule has 2 atom stereocenters. The summed E-state index contributed by atoms with van der Waals surface area (Å²) < 4.78 is 0. The fourth-order valence-corrected chi connectivity index (χ4v) is 4.35. The topological polar surface area (TPSA) is 53.4 Å². The third kappa shape index (κ3) is 3.75. The molecule has 1 N–H and O–H groups in total. The Morgan fingerprint density at radius 1 is 1.46 bits per heavy atom. The number of thiazole rings is 1. The van der Waals surface area contributed by atoms with Gasteiger partial charge in [-0.3, -0.25) is 9.69 Å². The Kier molecular flexibility index (Phi) is 5.45. The van der Waals surface area contributed by atoms with E-state index in [0.717, 1.165) is 35.7 Å². The molecule has 24 heavy (non-hydrogen) atoms. The van der Waals surface area contributed by atoms with Crippen LogP contribution in [0.5, 0.6) is 0 Å². The summed E-state index contributed by atoms with van der Waals surface area (Å²) in [6, 6.07) is 5.34. The SMILES string of the molecule is C[C@@H]1[C@H](C(=O)O)CCCN1Cc1nc(-c2cc(Cl)ccc2Cl)cs1. The molecule has 0 spiro atoms. The zero-order valence-electron chi connectivity index (χ0n) is 13.2. The average Bonchev–Trinajstić information content (AvgIpc) is 3.00. The van der Waals surface area contributed by atoms with Crippen LogP contribution in [0, 0.1) is 5.92 Å². The summed E-state index contributed by atoms with van der Waals surface area (Å²) in [6.45, 7) is 3.55. The van der Waals surface area contributed by atoms with Gasteiger partial charge in [0.1, 0.15) is 5.01 Å². The van der Waals surface area contributed by atoms with Gasteiger partial charge in [0.15, 0.2) is 0 Å². The van der Waals surface area contributed by atoms with Gasteiger partial charge in [0.2, 0.25) is 0 Å². The van der Waals surface area contributed by atoms with Crippen LogP contribution >= 0.6 is 34.5 Å². The van der Waals surface area contributed by atoms with E-state index in [-0.39, 0.29) is 12.0 Å². The summed E-state index contributed by atoms with van der Waals surface area (Å²) in [5.41, 5.74) is 1.63. The second-order valence-corrected chi connectivity index (χ2v) is 7.83. The van der Waals surface area contributed by atoms with Gasteiger partial charge in [-0.1, -0.05) is 23.2 Å². The molecule has 1 fully saturated rings. The van der Waals surface area contributed by atoms with E-state index in [2.05, 4.69) is 9.88 Å². The fraction of sp³-hybridized carbons (Fsp3) is 0.412. The number of hydrogen-bond donors (Lipinski definition) is 1. The zero-order valence-corrected chi connectivity index (χ0v) is 15.5. The molecule has 1 aliphatic rings. The highest BCUT2D eigenvalue weighted by Gasteiger charge is 2.33. The maximum Gasteiger partial charge on any atom is 0.308 e. The molecule has 4 nitrogen and oxygen atoms in total. The Morgan fingerprint density at radius 2 is 2.25 bits per heavy atom. The third-order valence-electron chi connectivity index (χ3n) is 4.53. The van der Waals surface area contributed by atoms with E-state index >= 15 is 0 Å². The van der Waals surface area contributed by atoms with Crippen molar-refractivity contribution < 1.29 is 9.90 Å². The normalized spacial score (nSPS) is 21.8. The largest absolute Gasteiger partial charge is 0.481 e. The molecule has 1 aromatic heterocycles. The monoisotopic (exact) mass is 384 g/mol. The summed E-state index contributed by atoms with van der Waals surface area (Å²) in [5.74, 6) is -1.02. The molecule has 0 bridgehead atoms. The molecule has 1 aliphatic heterocycles. The Bertz CT molecular complexity index is 750. The number of halogens is 2. The van der Waals surface area contributed by atoms with Crippen LogP contribution in [0.25, 0.3) is 11.3 Å². The number of likely N-dealkylation sites (tertiary alicyclic amines) is 1. The molecule has 0 unspecified atom stereocenters. The first-order valence-corrected chi connectivity index (χ1v) is 9.46. The number of rotatable bonds is 4. The summed E-state index contributed by atoms with van der Waals surface area (Å²) in [5, 5.41) is 13.5. The van der Waals surface area contributed by atoms with Gasteiger partial charge < -0.3 is 5.11 Å². The number of aromatic nitrogens is 1. The van der Waals surface area contributed by atoms with Crippen LogP contribution in [-0.2, 0) is 11.3 Å². The minimum absolute atomic E-state index is 0.0124. The lowest BCUT2D eigenvalue weighted by Gasteiger charge is -2.36. The molecule has 1 saturated heterocycles. The predicted octanol–water partition coefficient (Wildman–Crippen LogP) is 4.80. The van der Waals surface area contributed by atoms with Crippen molar-refractivity contribution in [1.29, 1.82) is 0 Å². The lowest BCUT2D eigenvalue weighted by Crippen LogP contribution is -2.45. The van der Waals surface area contributed by atoms with E-state index in [1.165, 1.54) is 0 Å². The van der Waals surface area contributed by atoms with Crippen molar-refractivity contribution in [1.82, 2.24) is 9.88 Å². The number of carboxylic acid groups (broad SMARTS) is 1. The van der Waals surface area contributed by atoms with E-state index in [9.17, 15) is 9.90 Å². The Balaban J connectivity index is 1.76. The molecule has 128 valence electrons. The van der Waals surface area contributed by atoms with E-state index < -0.39 is 5.97 Å². The molecular weight excluding hydrogens is 367 g/mol. The Morgan fingerprint density at radius 3 is 3.00 bits per heavy atom. The van der Waals surface area contributed by atoms with Crippen molar-refractivity contribution >= 4 is 40.5 Å². The zero-order chi connectivity index (χ0) is 17.3. The number of nitrogens with zero attached hydrogens (tertiary/aromatic N) is 2. The quantitative estimate of drug-likeness (QED) is 0.821. The number of piperidine rings is 1. The molecule has 2 heterocycles. The maximum atomic E-state index is 11.4. The first kappa shape index (κ1) is 17.7. The number of carbonyl (C=O) groups is 1. The van der Waals surface area contributed by atoms with Crippen molar-refractivity contribution in [2.45, 2.75) is 32.4 Å². The summed E-state index contributed by atoms with van der Waals surface area (Å²) in [4.78, 5) is 18.2. The summed E-state index contributed by atoms with van der Waals surface area (Å²) >= 11 is 13.8. The van der Waals surface area contributed by atoms with Gasteiger partial charge >= 0.3 is 5.97 Å². The number of hydrogen-bond acceptors (Lipinski definition) is 4. The minimum atomic E-state index is -0.710. The van der Waals surface area contributed by atoms with Crippen molar-refractivity contribution in [3.63, 3.8) is 0 Å². The van der Waals surface area contributed by atoms with E-state index in [1.54, 1.807) is 23.5 Å². The number of carboxylic acids is 1. The first-order valence-electron chi connectivity index (χ1n) is 7.82. The van der Waals surface area contributed by atoms with Gasteiger partial charge in [-0.25, -0.2) is 4.98 Å². The van der Waals surface area contributed by atoms with Gasteiger partial charge in [-0.05, 0) is 44.5 Å². The maximum absolute atomic E-state index is 11.4. The van der Waals surface area contributed by atoms with Crippen molar-refractivity contribution in [2.75, 3.05) is 6.54 Å². The van der Waals surface area contributed by atoms with Crippen LogP contribution in [0.15, 0.2) is 23.6 Å². The molecule has 2 aromatic rings. The van der Waals surface area contributed by atoms with Gasteiger partial charge in [0, 0.05) is 22.0 Å². The molecule has 3 rings (SSSR count). The lowest BCUT2D eigenvalue weighted by molar-refractivity contribution is -0.145. The summed E-state index contributed by atoms with van der Waals surface area (Å²) in [7, 11) is 0. The molecule has 0 aliphatic carbocycles. The van der Waals surface area contributed by atoms with Gasteiger partial charge in [0.25, 0.3) is 0 Å². The van der Waals surface area contributed by atoms with Crippen LogP contribution in [0.4, 0.5) is 0 Å². The van der Waals surface area contributed by atoms with E-state index in [4.69, 9.17) is 23.2 Å². The van der Waals surface area contributed by atoms with E-state index in [1.807, 2.05) is 18.4 Å². The predicted molar refractivity (Wildman–Crippen MR) is 97.8 cm³/mol. The number of aliphatic carboxylic acids is 1. The van der Waals surface area contributed by atoms with Crippen molar-refractivity contribution in [2.24, 2.45) is 5.92 Å². The molecule has 1 aromatic carbocycles. The van der Waals surface area contributed by atoms with Crippen LogP contribution in [0.2, 0.25) is 10.0 Å². The molecule has 7 heteroatoms. The smallest absolute Gasteiger partial charge is 0.308 e. The molecule has 0 radical (unpaired) electrons. The molecular formula is C17H18Cl2N2O2S. The van der Waals surface area contributed by atoms with E-state index in [0.29, 0.717) is 16.6 Å². The second-order valence-electron chi connectivity index (χ2n) is 6.05. The van der Waals surface area contributed by atoms with Crippen LogP contribution < -0.4 is 0 Å². The highest BCUT2D eigenvalue weighted by Crippen LogP contribution is 2.32. The lowest BCUT2D eigenvalue weighted by atomic mass is 9.90. The van der Waals surface area contributed by atoms with Gasteiger partial charge in [0.05, 0.1) is 23.2 Å². The van der Waals surface area contributed by atoms with Crippen LogP contribution in [0.1, 0.15) is 24.8 Å². The number of benzene rings is 1. The van der Waals surface area contributed by atoms with Gasteiger partial charge in [-0.15, -0.1) is 11.3 Å². The Labute approximate surface area is 155 Å². The third-order valence-corrected chi connectivity index (χ3v) is 5.93. The highest BCUT2D eigenvalue weighted by atomic mass is 35.5. The van der Waals surface area contributed by atoms with Crippen LogP contribution in [-0.4, -0.2) is 33.5 Å². The summed E-state index contributed by atoms with van der Waals surface area (Å²) in [6.07, 6.45) is 1.65. The second kappa shape index (κ2) is 7.40. The Hall–Kier alpha value is -1.14. The van der Waals surface area contributed by atoms with Gasteiger partial charge in [-0.2, -0.15) is 0 Å². The fourth-order valence-electron chi connectivity index (χ4n) is 3.14. The average molecular weight is 385 g/mol. The van der Waals surface area contributed by atoms with Crippen molar-refractivity contribution in [3.05, 3.63) is 38.6 Å². The van der Waals surface area contributed by atoms with Crippen LogP contribution in [0.3, 0.4) is 0 Å². The molecule has 0 saturated carbocycles. The van der Waals surface area contributed by atoms with Crippen molar-refractivity contribution in [3.8, 4) is 11.3 Å². The first-order chi connectivity index (χ1) is 11.5. The highest BCUT2D eigenvalue weighted by molar-refractivity contribution is 7.09. The minimum Gasteiger partial charge on any atom is -0.481 e. The standard InChI is InChI=1S/C17H18Cl2N2O2S/c1-10-12(17(22)23)3-2-6-21(10)8-16-20-15(9-24-16)13-7-11(18)4-5-14(13)19/h4-5,7,9-10,12H,2-3,6,8H2,1H3,(H,22,23)/t10-,12-/m1/s1.